The van der Waals surface area contributed by atoms with Gasteiger partial charge in [-0.1, -0.05) is 11.3 Å². The highest BCUT2D eigenvalue weighted by molar-refractivity contribution is 7.13. The highest BCUT2D eigenvalue weighted by Gasteiger charge is 2.02. The maximum atomic E-state index is 5.41. The van der Waals surface area contributed by atoms with Gasteiger partial charge in [0, 0.05) is 13.7 Å². The molecule has 8 heteroatoms. The summed E-state index contributed by atoms with van der Waals surface area (Å²) in [5, 5.41) is 8.95. The fourth-order valence-electron chi connectivity index (χ4n) is 1.03. The molecule has 0 aliphatic rings. The van der Waals surface area contributed by atoms with Crippen LogP contribution in [0, 0.1) is 0 Å². The Balaban J connectivity index is 1.89. The third-order valence-electron chi connectivity index (χ3n) is 1.88. The minimum absolute atomic E-state index is 0.385. The molecule has 1 heterocycles. The Hall–Kier alpha value is -0.800. The maximum absolute atomic E-state index is 5.41. The van der Waals surface area contributed by atoms with Crippen LogP contribution in [0.3, 0.4) is 0 Å². The van der Waals surface area contributed by atoms with Crippen molar-refractivity contribution in [2.24, 2.45) is 5.73 Å². The summed E-state index contributed by atoms with van der Waals surface area (Å²) in [6.45, 7) is 3.60. The van der Waals surface area contributed by atoms with Gasteiger partial charge in [-0.05, 0) is 0 Å². The first-order valence-corrected chi connectivity index (χ1v) is 6.48. The molecule has 0 aromatic carbocycles. The Kier molecular flexibility index (Phi) is 8.61. The molecule has 0 fully saturated rings. The molecule has 2 N–H and O–H groups in total. The van der Waals surface area contributed by atoms with Gasteiger partial charge in [0.15, 0.2) is 0 Å². The lowest BCUT2D eigenvalue weighted by Crippen LogP contribution is -2.12. The Morgan fingerprint density at radius 3 is 2.28 bits per heavy atom. The summed E-state index contributed by atoms with van der Waals surface area (Å²) < 4.78 is 20.7. The smallest absolute Gasteiger partial charge is 0.294 e. The summed E-state index contributed by atoms with van der Waals surface area (Å²) in [6.07, 6.45) is 0. The van der Waals surface area contributed by atoms with E-state index < -0.39 is 0 Å². The number of ether oxygens (including phenoxy) is 4. The maximum Gasteiger partial charge on any atom is 0.294 e. The van der Waals surface area contributed by atoms with Crippen LogP contribution in [-0.2, 0) is 20.8 Å². The van der Waals surface area contributed by atoms with E-state index in [9.17, 15) is 0 Å². The summed E-state index contributed by atoms with van der Waals surface area (Å²) in [5.41, 5.74) is 5.41. The van der Waals surface area contributed by atoms with Gasteiger partial charge in [-0.2, -0.15) is 0 Å². The molecule has 0 atom stereocenters. The summed E-state index contributed by atoms with van der Waals surface area (Å²) in [4.78, 5) is 0. The van der Waals surface area contributed by atoms with E-state index in [1.54, 1.807) is 7.11 Å². The molecule has 0 unspecified atom stereocenters. The molecule has 0 radical (unpaired) electrons. The quantitative estimate of drug-likeness (QED) is 0.572. The minimum atomic E-state index is 0.385. The topological polar surface area (TPSA) is 88.7 Å². The first-order valence-electron chi connectivity index (χ1n) is 5.66. The van der Waals surface area contributed by atoms with E-state index in [0.29, 0.717) is 51.4 Å². The second-order valence-corrected chi connectivity index (χ2v) is 4.26. The summed E-state index contributed by atoms with van der Waals surface area (Å²) in [7, 11) is 1.64. The number of nitrogens with zero attached hydrogens (tertiary/aromatic N) is 2. The number of hydrogen-bond donors (Lipinski definition) is 1. The largest absolute Gasteiger partial charge is 0.466 e. The van der Waals surface area contributed by atoms with Crippen LogP contribution in [0.2, 0.25) is 0 Å². The highest BCUT2D eigenvalue weighted by atomic mass is 32.1. The predicted octanol–water partition coefficient (Wildman–Crippen LogP) is 0.0552. The zero-order valence-electron chi connectivity index (χ0n) is 10.5. The highest BCUT2D eigenvalue weighted by Crippen LogP contribution is 2.16. The van der Waals surface area contributed by atoms with Gasteiger partial charge < -0.3 is 24.7 Å². The van der Waals surface area contributed by atoms with Gasteiger partial charge in [-0.25, -0.2) is 0 Å². The zero-order valence-corrected chi connectivity index (χ0v) is 11.3. The van der Waals surface area contributed by atoms with E-state index in [-0.39, 0.29) is 0 Å². The molecule has 1 aromatic rings. The number of methoxy groups -OCH3 is 1. The molecule has 0 saturated carbocycles. The first-order chi connectivity index (χ1) is 8.86. The molecule has 7 nitrogen and oxygen atoms in total. The molecule has 0 aliphatic heterocycles. The van der Waals surface area contributed by atoms with Crippen LogP contribution in [0.1, 0.15) is 5.01 Å². The van der Waals surface area contributed by atoms with Crippen LogP contribution in [0.25, 0.3) is 0 Å². The molecule has 0 spiro atoms. The van der Waals surface area contributed by atoms with Crippen LogP contribution in [0.15, 0.2) is 0 Å². The SMILES string of the molecule is COCCOCCOCCOc1nnc(CN)s1. The van der Waals surface area contributed by atoms with E-state index >= 15 is 0 Å². The molecular weight excluding hydrogens is 258 g/mol. The van der Waals surface area contributed by atoms with Gasteiger partial charge in [0.25, 0.3) is 5.19 Å². The molecule has 0 amide bonds. The molecular formula is C10H19N3O4S. The summed E-state index contributed by atoms with van der Waals surface area (Å²) in [6, 6.07) is 0. The Morgan fingerprint density at radius 2 is 1.67 bits per heavy atom. The average Bonchev–Trinajstić information content (AvgIpc) is 2.85. The lowest BCUT2D eigenvalue weighted by atomic mass is 10.7. The van der Waals surface area contributed by atoms with E-state index in [0.717, 1.165) is 5.01 Å². The average molecular weight is 277 g/mol. The van der Waals surface area contributed by atoms with Gasteiger partial charge in [0.1, 0.15) is 11.6 Å². The lowest BCUT2D eigenvalue weighted by molar-refractivity contribution is 0.0179. The van der Waals surface area contributed by atoms with Gasteiger partial charge >= 0.3 is 0 Å². The minimum Gasteiger partial charge on any atom is -0.466 e. The Morgan fingerprint density at radius 1 is 1.00 bits per heavy atom. The van der Waals surface area contributed by atoms with Crippen molar-refractivity contribution < 1.29 is 18.9 Å². The van der Waals surface area contributed by atoms with E-state index in [1.807, 2.05) is 0 Å². The number of hydrogen-bond acceptors (Lipinski definition) is 8. The third kappa shape index (κ3) is 6.82. The number of aromatic nitrogens is 2. The van der Waals surface area contributed by atoms with Crippen molar-refractivity contribution in [1.29, 1.82) is 0 Å². The van der Waals surface area contributed by atoms with Gasteiger partial charge in [-0.15, -0.1) is 10.2 Å². The van der Waals surface area contributed by atoms with Crippen LogP contribution in [-0.4, -0.2) is 56.9 Å². The van der Waals surface area contributed by atoms with E-state index in [1.165, 1.54) is 11.3 Å². The van der Waals surface area contributed by atoms with Crippen molar-refractivity contribution in [2.45, 2.75) is 6.54 Å². The van der Waals surface area contributed by atoms with Crippen molar-refractivity contribution in [3.8, 4) is 5.19 Å². The second-order valence-electron chi connectivity index (χ2n) is 3.23. The molecule has 18 heavy (non-hydrogen) atoms. The molecule has 104 valence electrons. The molecule has 0 bridgehead atoms. The van der Waals surface area contributed by atoms with Crippen LogP contribution < -0.4 is 10.5 Å². The fourth-order valence-corrected chi connectivity index (χ4v) is 1.62. The van der Waals surface area contributed by atoms with Crippen molar-refractivity contribution in [3.63, 3.8) is 0 Å². The van der Waals surface area contributed by atoms with Crippen LogP contribution >= 0.6 is 11.3 Å². The van der Waals surface area contributed by atoms with Crippen molar-refractivity contribution in [1.82, 2.24) is 10.2 Å². The van der Waals surface area contributed by atoms with Crippen molar-refractivity contribution in [3.05, 3.63) is 5.01 Å². The third-order valence-corrected chi connectivity index (χ3v) is 2.74. The van der Waals surface area contributed by atoms with E-state index in [2.05, 4.69) is 10.2 Å². The summed E-state index contributed by atoms with van der Waals surface area (Å²) >= 11 is 1.35. The van der Waals surface area contributed by atoms with Gasteiger partial charge in [0.2, 0.25) is 0 Å². The van der Waals surface area contributed by atoms with Gasteiger partial charge in [-0.3, -0.25) is 0 Å². The van der Waals surface area contributed by atoms with Crippen molar-refractivity contribution >= 4 is 11.3 Å². The lowest BCUT2D eigenvalue weighted by Gasteiger charge is -2.05. The molecule has 0 saturated heterocycles. The first kappa shape index (κ1) is 15.3. The Bertz CT molecular complexity index is 311. The number of rotatable bonds is 11. The monoisotopic (exact) mass is 277 g/mol. The normalized spacial score (nSPS) is 10.8. The van der Waals surface area contributed by atoms with Crippen LogP contribution in [0.4, 0.5) is 0 Å². The number of nitrogens with two attached hydrogens (primary N) is 1. The standard InChI is InChI=1S/C10H19N3O4S/c1-14-2-3-15-4-5-16-6-7-17-10-13-12-9(8-11)18-10/h2-8,11H2,1H3. The summed E-state index contributed by atoms with van der Waals surface area (Å²) in [5.74, 6) is 0. The zero-order chi connectivity index (χ0) is 13.1. The fraction of sp³-hybridized carbons (Fsp3) is 0.800. The van der Waals surface area contributed by atoms with Crippen molar-refractivity contribution in [2.75, 3.05) is 46.8 Å². The molecule has 0 aliphatic carbocycles. The molecule has 1 aromatic heterocycles. The van der Waals surface area contributed by atoms with Gasteiger partial charge in [0.05, 0.1) is 33.0 Å². The van der Waals surface area contributed by atoms with Crippen LogP contribution in [0.5, 0.6) is 5.19 Å². The predicted molar refractivity (Wildman–Crippen MR) is 66.8 cm³/mol. The Labute approximate surface area is 110 Å². The molecule has 1 rings (SSSR count). The van der Waals surface area contributed by atoms with E-state index in [4.69, 9.17) is 24.7 Å². The second kappa shape index (κ2) is 10.2.